The maximum Gasteiger partial charge on any atom is 0.231 e. The number of fused-ring (bicyclic) bond motifs is 1. The number of hydrogen-bond acceptors (Lipinski definition) is 6. The number of hydrogen-bond donors (Lipinski definition) is 2. The third kappa shape index (κ3) is 1.94. The lowest BCUT2D eigenvalue weighted by Gasteiger charge is -2.04. The van der Waals surface area contributed by atoms with Crippen LogP contribution in [0.5, 0.6) is 11.5 Å². The van der Waals surface area contributed by atoms with Gasteiger partial charge in [0.2, 0.25) is 6.79 Å². The zero-order valence-corrected chi connectivity index (χ0v) is 10.7. The monoisotopic (exact) mass is 263 g/mol. The van der Waals surface area contributed by atoms with Gasteiger partial charge in [0.25, 0.3) is 0 Å². The highest BCUT2D eigenvalue weighted by molar-refractivity contribution is 7.09. The Hall–Kier alpha value is -1.63. The molecule has 6 heteroatoms. The number of nitrogens with one attached hydrogen (secondary N) is 1. The van der Waals surface area contributed by atoms with Crippen molar-refractivity contribution in [1.82, 2.24) is 10.4 Å². The van der Waals surface area contributed by atoms with Gasteiger partial charge in [-0.25, -0.2) is 4.98 Å². The summed E-state index contributed by atoms with van der Waals surface area (Å²) in [5, 5.41) is 2.99. The molecule has 0 amide bonds. The first-order valence-electron chi connectivity index (χ1n) is 5.56. The first-order chi connectivity index (χ1) is 8.78. The van der Waals surface area contributed by atoms with E-state index in [2.05, 4.69) is 10.4 Å². The number of aromatic nitrogens is 1. The van der Waals surface area contributed by atoms with Gasteiger partial charge in [-0.05, 0) is 24.6 Å². The highest BCUT2D eigenvalue weighted by Gasteiger charge is 2.17. The molecular formula is C12H13N3O2S. The third-order valence-electron chi connectivity index (χ3n) is 2.80. The van der Waals surface area contributed by atoms with Crippen LogP contribution in [0.15, 0.2) is 17.5 Å². The van der Waals surface area contributed by atoms with E-state index in [0.717, 1.165) is 33.3 Å². The quantitative estimate of drug-likeness (QED) is 0.653. The van der Waals surface area contributed by atoms with Crippen LogP contribution in [0.1, 0.15) is 10.6 Å². The minimum absolute atomic E-state index is 0.289. The van der Waals surface area contributed by atoms with Gasteiger partial charge in [0, 0.05) is 10.9 Å². The Kier molecular flexibility index (Phi) is 2.91. The van der Waals surface area contributed by atoms with Crippen molar-refractivity contribution in [2.45, 2.75) is 13.5 Å². The van der Waals surface area contributed by atoms with Crippen LogP contribution in [0.25, 0.3) is 11.3 Å². The van der Waals surface area contributed by atoms with Crippen LogP contribution in [0.2, 0.25) is 0 Å². The Balaban J connectivity index is 2.00. The number of ether oxygens (including phenoxy) is 2. The number of rotatable bonds is 3. The zero-order chi connectivity index (χ0) is 12.5. The molecule has 0 aliphatic carbocycles. The molecule has 0 fully saturated rings. The van der Waals surface area contributed by atoms with Gasteiger partial charge in [-0.2, -0.15) is 0 Å². The van der Waals surface area contributed by atoms with Crippen LogP contribution in [-0.4, -0.2) is 11.8 Å². The van der Waals surface area contributed by atoms with Crippen LogP contribution in [-0.2, 0) is 6.54 Å². The van der Waals surface area contributed by atoms with Crippen LogP contribution >= 0.6 is 11.3 Å². The molecule has 5 nitrogen and oxygen atoms in total. The fourth-order valence-corrected chi connectivity index (χ4v) is 2.67. The lowest BCUT2D eigenvalue weighted by Crippen LogP contribution is -2.20. The van der Waals surface area contributed by atoms with Crippen molar-refractivity contribution in [3.05, 3.63) is 28.1 Å². The number of nitrogens with zero attached hydrogens (tertiary/aromatic N) is 1. The predicted molar refractivity (Wildman–Crippen MR) is 69.4 cm³/mol. The smallest absolute Gasteiger partial charge is 0.231 e. The molecule has 0 unspecified atom stereocenters. The molecule has 1 aliphatic rings. The molecule has 0 spiro atoms. The van der Waals surface area contributed by atoms with Crippen LogP contribution < -0.4 is 20.7 Å². The molecule has 0 atom stereocenters. The number of thiazole rings is 1. The Bertz CT molecular complexity index is 583. The molecule has 2 aromatic rings. The number of benzene rings is 1. The standard InChI is InChI=1S/C12H13N3O2S/c1-7-2-10-11(17-6-16-10)3-8(7)9-5-18-12(15-9)4-14-13/h2-3,5,14H,4,6,13H2,1H3. The van der Waals surface area contributed by atoms with Gasteiger partial charge in [0.05, 0.1) is 12.2 Å². The summed E-state index contributed by atoms with van der Waals surface area (Å²) in [6.07, 6.45) is 0. The van der Waals surface area contributed by atoms with Gasteiger partial charge in [-0.3, -0.25) is 11.3 Å². The van der Waals surface area contributed by atoms with Gasteiger partial charge < -0.3 is 9.47 Å². The highest BCUT2D eigenvalue weighted by Crippen LogP contribution is 2.38. The molecule has 3 rings (SSSR count). The van der Waals surface area contributed by atoms with Gasteiger partial charge in [-0.15, -0.1) is 11.3 Å². The lowest BCUT2D eigenvalue weighted by atomic mass is 10.1. The molecule has 0 radical (unpaired) electrons. The summed E-state index contributed by atoms with van der Waals surface area (Å²) in [4.78, 5) is 4.54. The van der Waals surface area contributed by atoms with Crippen LogP contribution in [0.4, 0.5) is 0 Å². The van der Waals surface area contributed by atoms with Crippen molar-refractivity contribution < 1.29 is 9.47 Å². The van der Waals surface area contributed by atoms with Gasteiger partial charge in [0.15, 0.2) is 11.5 Å². The van der Waals surface area contributed by atoms with Crippen molar-refractivity contribution in [2.75, 3.05) is 6.79 Å². The second kappa shape index (κ2) is 4.56. The van der Waals surface area contributed by atoms with E-state index >= 15 is 0 Å². The van der Waals surface area contributed by atoms with Crippen molar-refractivity contribution >= 4 is 11.3 Å². The number of nitrogens with two attached hydrogens (primary N) is 1. The minimum atomic E-state index is 0.289. The molecule has 1 aliphatic heterocycles. The second-order valence-electron chi connectivity index (χ2n) is 4.03. The SMILES string of the molecule is Cc1cc2c(cc1-c1csc(CNN)n1)OCO2. The van der Waals surface area contributed by atoms with E-state index in [9.17, 15) is 0 Å². The number of hydrazine groups is 1. The molecule has 94 valence electrons. The van der Waals surface area contributed by atoms with Crippen LogP contribution in [0.3, 0.4) is 0 Å². The molecule has 0 saturated carbocycles. The molecule has 2 heterocycles. The van der Waals surface area contributed by atoms with Gasteiger partial charge in [-0.1, -0.05) is 0 Å². The summed E-state index contributed by atoms with van der Waals surface area (Å²) in [6.45, 7) is 2.91. The summed E-state index contributed by atoms with van der Waals surface area (Å²) in [6, 6.07) is 3.96. The van der Waals surface area contributed by atoms with E-state index in [1.807, 2.05) is 24.4 Å². The summed E-state index contributed by atoms with van der Waals surface area (Å²) < 4.78 is 10.7. The summed E-state index contributed by atoms with van der Waals surface area (Å²) in [5.41, 5.74) is 5.74. The first kappa shape index (κ1) is 11.5. The minimum Gasteiger partial charge on any atom is -0.454 e. The summed E-state index contributed by atoms with van der Waals surface area (Å²) in [5.74, 6) is 6.87. The largest absolute Gasteiger partial charge is 0.454 e. The van der Waals surface area contributed by atoms with Crippen molar-refractivity contribution in [2.24, 2.45) is 5.84 Å². The Morgan fingerprint density at radius 3 is 2.94 bits per heavy atom. The molecule has 0 saturated heterocycles. The highest BCUT2D eigenvalue weighted by atomic mass is 32.1. The van der Waals surface area contributed by atoms with E-state index in [-0.39, 0.29) is 6.79 Å². The molecule has 18 heavy (non-hydrogen) atoms. The fraction of sp³-hybridized carbons (Fsp3) is 0.250. The third-order valence-corrected chi connectivity index (χ3v) is 3.65. The molecule has 1 aromatic carbocycles. The number of aryl methyl sites for hydroxylation is 1. The topological polar surface area (TPSA) is 69.4 Å². The Labute approximate surface area is 109 Å². The maximum absolute atomic E-state index is 5.39. The second-order valence-corrected chi connectivity index (χ2v) is 4.97. The van der Waals surface area contributed by atoms with Crippen LogP contribution in [0, 0.1) is 6.92 Å². The Morgan fingerprint density at radius 1 is 1.39 bits per heavy atom. The lowest BCUT2D eigenvalue weighted by molar-refractivity contribution is 0.174. The molecular weight excluding hydrogens is 250 g/mol. The van der Waals surface area contributed by atoms with Crippen molar-refractivity contribution in [1.29, 1.82) is 0 Å². The van der Waals surface area contributed by atoms with E-state index in [4.69, 9.17) is 15.3 Å². The van der Waals surface area contributed by atoms with E-state index in [1.54, 1.807) is 11.3 Å². The van der Waals surface area contributed by atoms with Gasteiger partial charge in [0.1, 0.15) is 5.01 Å². The fourth-order valence-electron chi connectivity index (χ4n) is 1.92. The van der Waals surface area contributed by atoms with E-state index < -0.39 is 0 Å². The average molecular weight is 263 g/mol. The first-order valence-corrected chi connectivity index (χ1v) is 6.44. The van der Waals surface area contributed by atoms with E-state index in [0.29, 0.717) is 6.54 Å². The molecule has 0 bridgehead atoms. The molecule has 1 aromatic heterocycles. The van der Waals surface area contributed by atoms with Gasteiger partial charge >= 0.3 is 0 Å². The predicted octanol–water partition coefficient (Wildman–Crippen LogP) is 1.81. The Morgan fingerprint density at radius 2 is 2.17 bits per heavy atom. The van der Waals surface area contributed by atoms with E-state index in [1.165, 1.54) is 0 Å². The summed E-state index contributed by atoms with van der Waals surface area (Å²) in [7, 11) is 0. The molecule has 3 N–H and O–H groups in total. The summed E-state index contributed by atoms with van der Waals surface area (Å²) >= 11 is 1.59. The average Bonchev–Trinajstić information content (AvgIpc) is 2.96. The zero-order valence-electron chi connectivity index (χ0n) is 9.90. The normalized spacial score (nSPS) is 13.0. The maximum atomic E-state index is 5.39. The van der Waals surface area contributed by atoms with Crippen molar-refractivity contribution in [3.63, 3.8) is 0 Å². The van der Waals surface area contributed by atoms with Crippen molar-refractivity contribution in [3.8, 4) is 22.8 Å².